The third kappa shape index (κ3) is 4.53. The Morgan fingerprint density at radius 2 is 1.95 bits per heavy atom. The predicted octanol–water partition coefficient (Wildman–Crippen LogP) is 5.15. The zero-order chi connectivity index (χ0) is 27.4. The summed E-state index contributed by atoms with van der Waals surface area (Å²) in [5, 5.41) is 2.99. The average Bonchev–Trinajstić information content (AvgIpc) is 3.56. The van der Waals surface area contributed by atoms with Gasteiger partial charge < -0.3 is 19.4 Å². The molecule has 8 heteroatoms. The summed E-state index contributed by atoms with van der Waals surface area (Å²) in [6.07, 6.45) is 5.69. The number of aromatic nitrogens is 2. The molecule has 208 valence electrons. The van der Waals surface area contributed by atoms with Crippen molar-refractivity contribution in [1.82, 2.24) is 14.9 Å². The number of likely N-dealkylation sites (N-methyl/N-ethyl adjacent to an activating group) is 1. The van der Waals surface area contributed by atoms with E-state index in [2.05, 4.69) is 52.6 Å². The van der Waals surface area contributed by atoms with E-state index in [9.17, 15) is 4.79 Å². The molecule has 3 fully saturated rings. The van der Waals surface area contributed by atoms with E-state index in [0.717, 1.165) is 78.4 Å². The Morgan fingerprint density at radius 1 is 1.10 bits per heavy atom. The minimum atomic E-state index is 0.125. The second-order valence-corrected chi connectivity index (χ2v) is 12.2. The Bertz CT molecular complexity index is 1470. The molecule has 2 aromatic carbocycles. The van der Waals surface area contributed by atoms with E-state index < -0.39 is 0 Å². The summed E-state index contributed by atoms with van der Waals surface area (Å²) in [5.41, 5.74) is 3.36. The number of likely N-dealkylation sites (tertiary alicyclic amines) is 1. The topological polar surface area (TPSA) is 61.8 Å². The quantitative estimate of drug-likeness (QED) is 0.372. The Balaban J connectivity index is 1.21. The zero-order valence-corrected chi connectivity index (χ0v) is 23.8. The van der Waals surface area contributed by atoms with Crippen LogP contribution in [0.2, 0.25) is 5.02 Å². The Hall–Kier alpha value is -3.16. The number of halogens is 1. The molecule has 2 saturated heterocycles. The minimum Gasteiger partial charge on any atom is -0.462 e. The Kier molecular flexibility index (Phi) is 6.67. The summed E-state index contributed by atoms with van der Waals surface area (Å²) in [6.45, 7) is 8.71. The van der Waals surface area contributed by atoms with Crippen molar-refractivity contribution in [3.05, 3.63) is 65.3 Å². The van der Waals surface area contributed by atoms with Crippen LogP contribution in [0.15, 0.2) is 49.1 Å². The first-order valence-corrected chi connectivity index (χ1v) is 15.0. The van der Waals surface area contributed by atoms with Crippen molar-refractivity contribution in [3.63, 3.8) is 0 Å². The first kappa shape index (κ1) is 25.8. The van der Waals surface area contributed by atoms with Crippen LogP contribution in [-0.2, 0) is 17.8 Å². The van der Waals surface area contributed by atoms with Crippen LogP contribution < -0.4 is 14.5 Å². The van der Waals surface area contributed by atoms with E-state index in [4.69, 9.17) is 26.3 Å². The molecule has 1 aliphatic carbocycles. The molecule has 3 aliphatic heterocycles. The fraction of sp³-hybridized carbons (Fsp3) is 0.469. The molecular formula is C32H36ClN5O2. The third-order valence-electron chi connectivity index (χ3n) is 9.60. The van der Waals surface area contributed by atoms with E-state index in [1.165, 1.54) is 18.1 Å². The fourth-order valence-electron chi connectivity index (χ4n) is 7.31. The maximum absolute atomic E-state index is 12.4. The van der Waals surface area contributed by atoms with Gasteiger partial charge in [0.2, 0.25) is 0 Å². The van der Waals surface area contributed by atoms with Crippen LogP contribution in [0, 0.1) is 17.8 Å². The number of hydrogen-bond donors (Lipinski definition) is 0. The third-order valence-corrected chi connectivity index (χ3v) is 9.91. The van der Waals surface area contributed by atoms with Crippen LogP contribution in [0.3, 0.4) is 0 Å². The minimum absolute atomic E-state index is 0.125. The van der Waals surface area contributed by atoms with Crippen molar-refractivity contribution in [2.24, 2.45) is 17.8 Å². The normalized spacial score (nSPS) is 25.9. The maximum atomic E-state index is 12.4. The summed E-state index contributed by atoms with van der Waals surface area (Å²) in [5.74, 6) is 2.18. The summed E-state index contributed by atoms with van der Waals surface area (Å²) in [4.78, 5) is 29.6. The molecule has 1 saturated carbocycles. The van der Waals surface area contributed by atoms with Crippen LogP contribution in [0.4, 0.5) is 11.5 Å². The summed E-state index contributed by atoms with van der Waals surface area (Å²) in [7, 11) is 2.16. The van der Waals surface area contributed by atoms with E-state index >= 15 is 0 Å². The molecule has 1 aromatic heterocycles. The molecule has 3 aromatic rings. The molecule has 4 atom stereocenters. The monoisotopic (exact) mass is 557 g/mol. The predicted molar refractivity (Wildman–Crippen MR) is 159 cm³/mol. The summed E-state index contributed by atoms with van der Waals surface area (Å²) >= 11 is 6.70. The van der Waals surface area contributed by atoms with Gasteiger partial charge in [-0.2, -0.15) is 9.97 Å². The molecular weight excluding hydrogens is 522 g/mol. The molecule has 40 heavy (non-hydrogen) atoms. The van der Waals surface area contributed by atoms with Crippen molar-refractivity contribution < 1.29 is 9.53 Å². The summed E-state index contributed by atoms with van der Waals surface area (Å²) < 4.78 is 6.30. The number of piperidine rings is 1. The van der Waals surface area contributed by atoms with Gasteiger partial charge in [0.25, 0.3) is 0 Å². The van der Waals surface area contributed by atoms with Gasteiger partial charge in [-0.1, -0.05) is 42.4 Å². The number of anilines is 2. The van der Waals surface area contributed by atoms with Crippen molar-refractivity contribution in [2.75, 3.05) is 49.6 Å². The highest BCUT2D eigenvalue weighted by Gasteiger charge is 2.55. The SMILES string of the molecule is C=CC(=O)[C@H]1[C@@H]2CCN(c3nc(OC[C@@H]4CCCN4C)nc4c3CCN(c3cccc5cccc(Cl)c35)C4)C[C@@H]21. The standard InChI is InChI=1S/C32H36ClN5O2/c1-3-28(39)30-22-12-16-38(17-24(22)30)31-23-13-15-37(27-11-5-8-20-7-4-10-25(33)29(20)27)18-26(23)34-32(35-31)40-19-21-9-6-14-36(21)2/h3-5,7-8,10-11,21-22,24,30H,1,6,9,12-19H2,2H3/t21-,22+,24-,30-/m0/s1. The molecule has 0 bridgehead atoms. The van der Waals surface area contributed by atoms with Crippen LogP contribution >= 0.6 is 11.6 Å². The molecule has 0 radical (unpaired) electrons. The van der Waals surface area contributed by atoms with Gasteiger partial charge in [-0.25, -0.2) is 0 Å². The molecule has 4 aliphatic rings. The molecule has 0 amide bonds. The van der Waals surface area contributed by atoms with Crippen molar-refractivity contribution in [2.45, 2.75) is 38.3 Å². The lowest BCUT2D eigenvalue weighted by Gasteiger charge is -2.35. The lowest BCUT2D eigenvalue weighted by molar-refractivity contribution is -0.116. The molecule has 7 nitrogen and oxygen atoms in total. The van der Waals surface area contributed by atoms with Gasteiger partial charge in [0, 0.05) is 48.2 Å². The number of benzene rings is 2. The number of nitrogens with zero attached hydrogens (tertiary/aromatic N) is 5. The van der Waals surface area contributed by atoms with E-state index in [0.29, 0.717) is 37.0 Å². The largest absolute Gasteiger partial charge is 0.462 e. The molecule has 0 N–H and O–H groups in total. The van der Waals surface area contributed by atoms with E-state index in [1.54, 1.807) is 0 Å². The van der Waals surface area contributed by atoms with Crippen molar-refractivity contribution in [3.8, 4) is 6.01 Å². The molecule has 7 rings (SSSR count). The number of hydrogen-bond acceptors (Lipinski definition) is 7. The molecule has 0 spiro atoms. The first-order valence-electron chi connectivity index (χ1n) is 14.6. The van der Waals surface area contributed by atoms with E-state index in [1.807, 2.05) is 12.1 Å². The van der Waals surface area contributed by atoms with Crippen molar-refractivity contribution in [1.29, 1.82) is 0 Å². The van der Waals surface area contributed by atoms with Gasteiger partial charge in [0.1, 0.15) is 12.4 Å². The number of carbonyl (C=O) groups is 1. The van der Waals surface area contributed by atoms with Crippen LogP contribution in [0.1, 0.15) is 30.5 Å². The van der Waals surface area contributed by atoms with Gasteiger partial charge >= 0.3 is 6.01 Å². The number of rotatable bonds is 7. The second-order valence-electron chi connectivity index (χ2n) is 11.8. The van der Waals surface area contributed by atoms with Gasteiger partial charge in [-0.3, -0.25) is 4.79 Å². The average molecular weight is 558 g/mol. The number of carbonyl (C=O) groups excluding carboxylic acids is 1. The fourth-order valence-corrected chi connectivity index (χ4v) is 7.59. The number of fused-ring (bicyclic) bond motifs is 3. The van der Waals surface area contributed by atoms with Crippen LogP contribution in [0.5, 0.6) is 6.01 Å². The Morgan fingerprint density at radius 3 is 2.75 bits per heavy atom. The van der Waals surface area contributed by atoms with Gasteiger partial charge in [0.05, 0.1) is 17.3 Å². The van der Waals surface area contributed by atoms with Crippen molar-refractivity contribution >= 4 is 39.7 Å². The lowest BCUT2D eigenvalue weighted by atomic mass is 10.0. The van der Waals surface area contributed by atoms with Crippen LogP contribution in [0.25, 0.3) is 10.8 Å². The van der Waals surface area contributed by atoms with Gasteiger partial charge in [-0.05, 0) is 74.7 Å². The highest BCUT2D eigenvalue weighted by molar-refractivity contribution is 6.36. The van der Waals surface area contributed by atoms with Crippen LogP contribution in [-0.4, -0.2) is 66.5 Å². The lowest BCUT2D eigenvalue weighted by Crippen LogP contribution is -2.37. The smallest absolute Gasteiger partial charge is 0.318 e. The van der Waals surface area contributed by atoms with E-state index in [-0.39, 0.29) is 11.7 Å². The second kappa shape index (κ2) is 10.3. The highest BCUT2D eigenvalue weighted by Crippen LogP contribution is 2.53. The first-order chi connectivity index (χ1) is 19.5. The van der Waals surface area contributed by atoms with Gasteiger partial charge in [-0.15, -0.1) is 0 Å². The number of ketones is 1. The molecule has 4 heterocycles. The number of allylic oxidation sites excluding steroid dienone is 1. The maximum Gasteiger partial charge on any atom is 0.318 e. The Labute approximate surface area is 240 Å². The summed E-state index contributed by atoms with van der Waals surface area (Å²) in [6, 6.07) is 13.3. The molecule has 0 unspecified atom stereocenters. The highest BCUT2D eigenvalue weighted by atomic mass is 35.5. The zero-order valence-electron chi connectivity index (χ0n) is 23.1. The number of ether oxygens (including phenoxy) is 1. The van der Waals surface area contributed by atoms with Gasteiger partial charge in [0.15, 0.2) is 5.78 Å².